The van der Waals surface area contributed by atoms with E-state index >= 15 is 0 Å². The van der Waals surface area contributed by atoms with E-state index in [0.717, 1.165) is 58.5 Å². The molecule has 1 aliphatic heterocycles. The highest BCUT2D eigenvalue weighted by Crippen LogP contribution is 2.37. The van der Waals surface area contributed by atoms with Crippen LogP contribution in [0.2, 0.25) is 0 Å². The number of likely N-dealkylation sites (tertiary alicyclic amines) is 1. The number of carbonyl (C=O) groups excluding carboxylic acids is 1. The summed E-state index contributed by atoms with van der Waals surface area (Å²) in [7, 11) is 3.65. The number of methoxy groups -OCH3 is 1. The number of nitrogens with zero attached hydrogens (tertiary/aromatic N) is 6. The Balaban J connectivity index is 1.46. The Hall–Kier alpha value is -3.46. The molecule has 1 aliphatic carbocycles. The Labute approximate surface area is 223 Å². The molecule has 9 heteroatoms. The number of hydrogen-bond acceptors (Lipinski definition) is 6. The van der Waals surface area contributed by atoms with Gasteiger partial charge in [0.05, 0.1) is 23.8 Å². The van der Waals surface area contributed by atoms with Gasteiger partial charge in [-0.25, -0.2) is 9.97 Å². The van der Waals surface area contributed by atoms with Crippen LogP contribution in [-0.4, -0.2) is 60.6 Å². The smallest absolute Gasteiger partial charge is 0.318 e. The second-order valence-electron chi connectivity index (χ2n) is 11.0. The Morgan fingerprint density at radius 1 is 1.18 bits per heavy atom. The van der Waals surface area contributed by atoms with Crippen molar-refractivity contribution in [3.05, 3.63) is 35.5 Å². The van der Waals surface area contributed by atoms with Crippen molar-refractivity contribution in [2.24, 2.45) is 24.6 Å². The van der Waals surface area contributed by atoms with Gasteiger partial charge in [0.1, 0.15) is 5.65 Å². The summed E-state index contributed by atoms with van der Waals surface area (Å²) >= 11 is 0. The number of fused-ring (bicyclic) bond motifs is 2. The number of hydrogen-bond donors (Lipinski definition) is 1. The van der Waals surface area contributed by atoms with E-state index in [0.29, 0.717) is 30.0 Å². The normalized spacial score (nSPS) is 21.6. The summed E-state index contributed by atoms with van der Waals surface area (Å²) in [6.45, 7) is 7.93. The number of nitrogens with two attached hydrogens (primary N) is 1. The minimum atomic E-state index is 0.00916. The predicted octanol–water partition coefficient (Wildman–Crippen LogP) is 4.16. The van der Waals surface area contributed by atoms with Crippen molar-refractivity contribution in [1.82, 2.24) is 29.0 Å². The molecular formula is C29H37N7O2. The molecule has 1 saturated carbocycles. The molecule has 6 rings (SSSR count). The molecule has 2 unspecified atom stereocenters. The van der Waals surface area contributed by atoms with Gasteiger partial charge in [-0.05, 0) is 61.8 Å². The van der Waals surface area contributed by atoms with Crippen molar-refractivity contribution in [2.75, 3.05) is 13.7 Å². The summed E-state index contributed by atoms with van der Waals surface area (Å²) in [5.41, 5.74) is 12.0. The fraction of sp³-hybridized carbons (Fsp3) is 0.517. The first kappa shape index (κ1) is 24.9. The first-order valence-electron chi connectivity index (χ1n) is 13.8. The first-order chi connectivity index (χ1) is 18.3. The molecule has 2 aliphatic rings. The quantitative estimate of drug-likeness (QED) is 0.396. The highest BCUT2D eigenvalue weighted by molar-refractivity contribution is 5.99. The van der Waals surface area contributed by atoms with Crippen LogP contribution in [0.5, 0.6) is 6.01 Å². The third-order valence-electron chi connectivity index (χ3n) is 8.65. The van der Waals surface area contributed by atoms with Gasteiger partial charge in [0.15, 0.2) is 5.82 Å². The number of aryl methyl sites for hydroxylation is 2. The zero-order valence-electron chi connectivity index (χ0n) is 22.9. The fourth-order valence-corrected chi connectivity index (χ4v) is 6.10. The molecule has 0 radical (unpaired) electrons. The summed E-state index contributed by atoms with van der Waals surface area (Å²) in [5.74, 6) is 1.88. The number of aromatic nitrogens is 5. The zero-order chi connectivity index (χ0) is 26.7. The van der Waals surface area contributed by atoms with Crippen LogP contribution in [0, 0.1) is 11.8 Å². The van der Waals surface area contributed by atoms with Crippen molar-refractivity contribution in [3.8, 4) is 17.5 Å². The van der Waals surface area contributed by atoms with E-state index in [1.54, 1.807) is 7.11 Å². The maximum atomic E-state index is 13.7. The monoisotopic (exact) mass is 515 g/mol. The molecule has 0 spiro atoms. The number of rotatable bonds is 7. The fourth-order valence-electron chi connectivity index (χ4n) is 6.10. The van der Waals surface area contributed by atoms with Gasteiger partial charge in [0, 0.05) is 49.4 Å². The minimum absolute atomic E-state index is 0.00916. The lowest BCUT2D eigenvalue weighted by Crippen LogP contribution is -2.41. The van der Waals surface area contributed by atoms with Crippen molar-refractivity contribution in [3.63, 3.8) is 0 Å². The van der Waals surface area contributed by atoms with Crippen LogP contribution in [0.15, 0.2) is 24.4 Å². The standard InChI is InChI=1S/C29H37N7O2/c1-6-18-10-20(28(37)35-15-19(7-2)24(30)16(35)3)11-22-25(18)34(4)27(32-22)23-12-21-13-31-29(38-5)33-26(21)36(23)14-17-8-9-17/h10-13,16-17,19,24H,6-9,14-15,30H2,1-5H3/t16?,19-,24?/m1/s1. The lowest BCUT2D eigenvalue weighted by molar-refractivity contribution is 0.0739. The first-order valence-corrected chi connectivity index (χ1v) is 13.8. The minimum Gasteiger partial charge on any atom is -0.467 e. The Morgan fingerprint density at radius 2 is 1.97 bits per heavy atom. The van der Waals surface area contributed by atoms with Crippen molar-refractivity contribution in [1.29, 1.82) is 0 Å². The van der Waals surface area contributed by atoms with Gasteiger partial charge in [-0.15, -0.1) is 0 Å². The van der Waals surface area contributed by atoms with Gasteiger partial charge in [-0.2, -0.15) is 4.98 Å². The number of carbonyl (C=O) groups is 1. The lowest BCUT2D eigenvalue weighted by Gasteiger charge is -2.23. The number of amides is 1. The second kappa shape index (κ2) is 9.38. The van der Waals surface area contributed by atoms with Crippen LogP contribution >= 0.6 is 0 Å². The van der Waals surface area contributed by atoms with E-state index in [1.165, 1.54) is 12.8 Å². The molecule has 3 atom stereocenters. The Kier molecular flexibility index (Phi) is 6.13. The summed E-state index contributed by atoms with van der Waals surface area (Å²) < 4.78 is 9.74. The van der Waals surface area contributed by atoms with E-state index in [2.05, 4.69) is 53.0 Å². The second-order valence-corrected chi connectivity index (χ2v) is 11.0. The molecule has 4 heterocycles. The van der Waals surface area contributed by atoms with Crippen LogP contribution in [0.1, 0.15) is 56.0 Å². The van der Waals surface area contributed by atoms with Gasteiger partial charge in [0.2, 0.25) is 0 Å². The third-order valence-corrected chi connectivity index (χ3v) is 8.65. The Bertz CT molecular complexity index is 1530. The zero-order valence-corrected chi connectivity index (χ0v) is 22.9. The van der Waals surface area contributed by atoms with Crippen molar-refractivity contribution < 1.29 is 9.53 Å². The summed E-state index contributed by atoms with van der Waals surface area (Å²) in [4.78, 5) is 29.8. The molecule has 1 amide bonds. The SMILES string of the molecule is CCc1cc(C(=O)N2C[C@@H](CC)C(N)C2C)cc2nc(-c3cc4cnc(OC)nc4n3CC3CC3)n(C)c12. The molecule has 1 aromatic carbocycles. The van der Waals surface area contributed by atoms with Crippen LogP contribution < -0.4 is 10.5 Å². The van der Waals surface area contributed by atoms with Crippen LogP contribution in [0.25, 0.3) is 33.6 Å². The highest BCUT2D eigenvalue weighted by Gasteiger charge is 2.38. The average molecular weight is 516 g/mol. The van der Waals surface area contributed by atoms with Crippen LogP contribution in [-0.2, 0) is 20.0 Å². The lowest BCUT2D eigenvalue weighted by atomic mass is 9.98. The summed E-state index contributed by atoms with van der Waals surface area (Å²) in [6, 6.07) is 6.51. The molecule has 2 N–H and O–H groups in total. The van der Waals surface area contributed by atoms with Gasteiger partial charge >= 0.3 is 6.01 Å². The topological polar surface area (TPSA) is 104 Å². The van der Waals surface area contributed by atoms with Crippen LogP contribution in [0.3, 0.4) is 0 Å². The number of ether oxygens (including phenoxy) is 1. The Morgan fingerprint density at radius 3 is 2.63 bits per heavy atom. The van der Waals surface area contributed by atoms with Crippen molar-refractivity contribution in [2.45, 2.75) is 65.1 Å². The number of benzene rings is 1. The molecule has 1 saturated heterocycles. The van der Waals surface area contributed by atoms with Gasteiger partial charge in [-0.1, -0.05) is 20.3 Å². The predicted molar refractivity (Wildman–Crippen MR) is 148 cm³/mol. The molecule has 9 nitrogen and oxygen atoms in total. The third kappa shape index (κ3) is 3.95. The van der Waals surface area contributed by atoms with Crippen LogP contribution in [0.4, 0.5) is 0 Å². The van der Waals surface area contributed by atoms with E-state index in [1.807, 2.05) is 23.2 Å². The van der Waals surface area contributed by atoms with Crippen molar-refractivity contribution >= 4 is 28.0 Å². The summed E-state index contributed by atoms with van der Waals surface area (Å²) in [6.07, 6.45) is 6.05. The van der Waals surface area contributed by atoms with Gasteiger partial charge in [0.25, 0.3) is 5.91 Å². The molecule has 4 aromatic rings. The summed E-state index contributed by atoms with van der Waals surface area (Å²) in [5, 5.41) is 0.963. The highest BCUT2D eigenvalue weighted by atomic mass is 16.5. The molecule has 2 fully saturated rings. The van der Waals surface area contributed by atoms with E-state index in [4.69, 9.17) is 15.5 Å². The maximum Gasteiger partial charge on any atom is 0.318 e. The van der Waals surface area contributed by atoms with Gasteiger partial charge in [-0.3, -0.25) is 4.79 Å². The largest absolute Gasteiger partial charge is 0.467 e. The average Bonchev–Trinajstić information content (AvgIpc) is 3.51. The van der Waals surface area contributed by atoms with E-state index < -0.39 is 0 Å². The molecular weight excluding hydrogens is 478 g/mol. The maximum absolute atomic E-state index is 13.7. The molecule has 38 heavy (non-hydrogen) atoms. The molecule has 3 aromatic heterocycles. The van der Waals surface area contributed by atoms with E-state index in [-0.39, 0.29) is 18.0 Å². The number of imidazole rings is 1. The molecule has 0 bridgehead atoms. The van der Waals surface area contributed by atoms with E-state index in [9.17, 15) is 4.79 Å². The molecule has 200 valence electrons. The van der Waals surface area contributed by atoms with Gasteiger partial charge < -0.3 is 24.5 Å².